The molecule has 196 valence electrons. The van der Waals surface area contributed by atoms with E-state index in [1.54, 1.807) is 29.3 Å². The number of aromatic nitrogens is 1. The predicted molar refractivity (Wildman–Crippen MR) is 138 cm³/mol. The minimum Gasteiger partial charge on any atom is -0.505 e. The van der Waals surface area contributed by atoms with Gasteiger partial charge >= 0.3 is 0 Å². The van der Waals surface area contributed by atoms with Gasteiger partial charge in [0.05, 0.1) is 30.7 Å². The number of carbonyl (C=O) groups excluding carboxylic acids is 1. The number of nitrogens with zero attached hydrogens (tertiary/aromatic N) is 4. The van der Waals surface area contributed by atoms with Crippen molar-refractivity contribution in [1.29, 1.82) is 0 Å². The Morgan fingerprint density at radius 3 is 2.51 bits per heavy atom. The Bertz CT molecular complexity index is 1460. The smallest absolute Gasteiger partial charge is 0.258 e. The molecule has 0 aliphatic carbocycles. The van der Waals surface area contributed by atoms with Crippen LogP contribution in [0.15, 0.2) is 36.5 Å². The van der Waals surface area contributed by atoms with Gasteiger partial charge in [-0.25, -0.2) is 12.8 Å². The summed E-state index contributed by atoms with van der Waals surface area (Å²) in [5.41, 5.74) is 2.67. The molecule has 1 aromatic heterocycles. The normalized spacial score (nSPS) is 16.4. The summed E-state index contributed by atoms with van der Waals surface area (Å²) in [5.74, 6) is -0.924. The van der Waals surface area contributed by atoms with E-state index in [4.69, 9.17) is 4.74 Å². The molecule has 0 radical (unpaired) electrons. The van der Waals surface area contributed by atoms with Crippen LogP contribution >= 0.6 is 0 Å². The molecule has 2 aromatic carbocycles. The van der Waals surface area contributed by atoms with Crippen molar-refractivity contribution in [2.45, 2.75) is 13.0 Å². The van der Waals surface area contributed by atoms with Gasteiger partial charge in [-0.1, -0.05) is 12.1 Å². The third-order valence-electron chi connectivity index (χ3n) is 7.02. The summed E-state index contributed by atoms with van der Waals surface area (Å²) in [6.07, 6.45) is 3.12. The van der Waals surface area contributed by atoms with Crippen LogP contribution in [0.5, 0.6) is 5.75 Å². The van der Waals surface area contributed by atoms with Gasteiger partial charge in [0.25, 0.3) is 5.91 Å². The fraction of sp³-hybridized carbons (Fsp3) is 0.385. The summed E-state index contributed by atoms with van der Waals surface area (Å²) in [4.78, 5) is 21.7. The molecule has 9 nitrogen and oxygen atoms in total. The zero-order valence-electron chi connectivity index (χ0n) is 20.8. The number of anilines is 1. The van der Waals surface area contributed by atoms with E-state index in [0.717, 1.165) is 34.8 Å². The van der Waals surface area contributed by atoms with Gasteiger partial charge in [-0.05, 0) is 35.7 Å². The van der Waals surface area contributed by atoms with Gasteiger partial charge in [0, 0.05) is 56.9 Å². The van der Waals surface area contributed by atoms with Crippen molar-refractivity contribution in [3.63, 3.8) is 0 Å². The zero-order chi connectivity index (χ0) is 26.3. The van der Waals surface area contributed by atoms with Gasteiger partial charge in [0.15, 0.2) is 5.75 Å². The molecule has 1 fully saturated rings. The Balaban J connectivity index is 1.56. The summed E-state index contributed by atoms with van der Waals surface area (Å²) in [7, 11) is -2.25. The Hall–Kier alpha value is -3.28. The number of phenolic OH excluding ortho intramolecular Hbond substituents is 1. The third-order valence-corrected chi connectivity index (χ3v) is 8.20. The first kappa shape index (κ1) is 25.4. The van der Waals surface area contributed by atoms with Crippen LogP contribution in [-0.2, 0) is 27.7 Å². The number of amides is 1. The summed E-state index contributed by atoms with van der Waals surface area (Å²) in [6.45, 7) is 4.14. The molecule has 0 atom stereocenters. The number of carbonyl (C=O) groups is 1. The topological polar surface area (TPSA) is 103 Å². The Morgan fingerprint density at radius 1 is 1.14 bits per heavy atom. The van der Waals surface area contributed by atoms with E-state index in [-0.39, 0.29) is 35.1 Å². The molecule has 5 rings (SSSR count). The van der Waals surface area contributed by atoms with Crippen LogP contribution in [0, 0.1) is 5.82 Å². The molecule has 0 bridgehead atoms. The second-order valence-electron chi connectivity index (χ2n) is 9.50. The number of ether oxygens (including phenoxy) is 1. The van der Waals surface area contributed by atoms with E-state index in [2.05, 4.69) is 9.88 Å². The average molecular weight is 529 g/mol. The first-order valence-corrected chi connectivity index (χ1v) is 13.9. The van der Waals surface area contributed by atoms with Gasteiger partial charge in [-0.2, -0.15) is 0 Å². The summed E-state index contributed by atoms with van der Waals surface area (Å²) in [6, 6.07) is 7.89. The Labute approximate surface area is 215 Å². The Morgan fingerprint density at radius 2 is 1.84 bits per heavy atom. The van der Waals surface area contributed by atoms with E-state index in [9.17, 15) is 22.7 Å². The van der Waals surface area contributed by atoms with Gasteiger partial charge < -0.3 is 14.7 Å². The van der Waals surface area contributed by atoms with Crippen LogP contribution in [-0.4, -0.2) is 86.9 Å². The average Bonchev–Trinajstić information content (AvgIpc) is 3.20. The molecule has 3 heterocycles. The molecule has 0 unspecified atom stereocenters. The lowest BCUT2D eigenvalue weighted by Gasteiger charge is -2.28. The second kappa shape index (κ2) is 9.88. The van der Waals surface area contributed by atoms with Crippen molar-refractivity contribution in [3.8, 4) is 5.75 Å². The fourth-order valence-corrected chi connectivity index (χ4v) is 5.49. The van der Waals surface area contributed by atoms with Crippen LogP contribution in [0.4, 0.5) is 10.1 Å². The number of hydrogen-bond donors (Lipinski definition) is 1. The maximum absolute atomic E-state index is 13.4. The first-order chi connectivity index (χ1) is 17.6. The monoisotopic (exact) mass is 528 g/mol. The standard InChI is InChI=1S/C26H29FN4O5S/c1-29(37(2,34)35)24-20-14-18(13-17-3-5-19(27)6-4-17)15-28-23(20)25(32)22-21(24)16-31(26(22)33)8-7-30-9-11-36-12-10-30/h3-6,14-15,32H,7-13,16H2,1-2H3. The number of hydrogen-bond acceptors (Lipinski definition) is 7. The van der Waals surface area contributed by atoms with Crippen molar-refractivity contribution >= 4 is 32.5 Å². The minimum atomic E-state index is -3.69. The fourth-order valence-electron chi connectivity index (χ4n) is 4.95. The number of halogens is 1. The number of rotatable bonds is 7. The van der Waals surface area contributed by atoms with Crippen molar-refractivity contribution in [3.05, 3.63) is 64.6 Å². The maximum Gasteiger partial charge on any atom is 0.258 e. The predicted octanol–water partition coefficient (Wildman–Crippen LogP) is 2.35. The van der Waals surface area contributed by atoms with Crippen molar-refractivity contribution < 1.29 is 27.4 Å². The summed E-state index contributed by atoms with van der Waals surface area (Å²) >= 11 is 0. The highest BCUT2D eigenvalue weighted by atomic mass is 32.2. The van der Waals surface area contributed by atoms with Gasteiger partial charge in [-0.15, -0.1) is 0 Å². The van der Waals surface area contributed by atoms with E-state index in [1.165, 1.54) is 19.2 Å². The van der Waals surface area contributed by atoms with Crippen LogP contribution in [0.25, 0.3) is 10.9 Å². The van der Waals surface area contributed by atoms with Crippen molar-refractivity contribution in [2.75, 3.05) is 57.0 Å². The minimum absolute atomic E-state index is 0.0961. The molecule has 0 saturated carbocycles. The molecule has 2 aliphatic rings. The maximum atomic E-state index is 13.4. The van der Waals surface area contributed by atoms with Crippen LogP contribution in [0.2, 0.25) is 0 Å². The SMILES string of the molecule is CN(c1c2c(c(O)c3ncc(Cc4ccc(F)cc4)cc13)C(=O)N(CCN1CCOCC1)C2)S(C)(=O)=O. The molecule has 11 heteroatoms. The number of benzene rings is 2. The first-order valence-electron chi connectivity index (χ1n) is 12.1. The van der Waals surface area contributed by atoms with Crippen molar-refractivity contribution in [1.82, 2.24) is 14.8 Å². The van der Waals surface area contributed by atoms with Crippen LogP contribution < -0.4 is 4.31 Å². The third kappa shape index (κ3) is 4.98. The molecular weight excluding hydrogens is 499 g/mol. The lowest BCUT2D eigenvalue weighted by atomic mass is 9.98. The number of sulfonamides is 1. The van der Waals surface area contributed by atoms with Crippen LogP contribution in [0.1, 0.15) is 27.0 Å². The largest absolute Gasteiger partial charge is 0.505 e. The highest BCUT2D eigenvalue weighted by Crippen LogP contribution is 2.44. The van der Waals surface area contributed by atoms with Crippen LogP contribution in [0.3, 0.4) is 0 Å². The lowest BCUT2D eigenvalue weighted by Crippen LogP contribution is -2.41. The van der Waals surface area contributed by atoms with Gasteiger partial charge in [-0.3, -0.25) is 19.0 Å². The van der Waals surface area contributed by atoms with E-state index < -0.39 is 10.0 Å². The molecule has 2 aliphatic heterocycles. The Kier molecular flexibility index (Phi) is 6.78. The molecular formula is C26H29FN4O5S. The molecule has 1 N–H and O–H groups in total. The quantitative estimate of drug-likeness (QED) is 0.502. The zero-order valence-corrected chi connectivity index (χ0v) is 21.6. The van der Waals surface area contributed by atoms with E-state index in [0.29, 0.717) is 49.4 Å². The lowest BCUT2D eigenvalue weighted by molar-refractivity contribution is 0.0327. The van der Waals surface area contributed by atoms with E-state index in [1.807, 2.05) is 0 Å². The van der Waals surface area contributed by atoms with Gasteiger partial charge in [0.1, 0.15) is 11.3 Å². The molecule has 37 heavy (non-hydrogen) atoms. The summed E-state index contributed by atoms with van der Waals surface area (Å²) in [5, 5.41) is 11.6. The molecule has 0 spiro atoms. The molecule has 1 amide bonds. The number of phenols is 1. The highest BCUT2D eigenvalue weighted by Gasteiger charge is 2.37. The number of fused-ring (bicyclic) bond motifs is 2. The van der Waals surface area contributed by atoms with Crippen molar-refractivity contribution in [2.24, 2.45) is 0 Å². The van der Waals surface area contributed by atoms with Gasteiger partial charge in [0.2, 0.25) is 10.0 Å². The summed E-state index contributed by atoms with van der Waals surface area (Å²) < 4.78 is 45.2. The van der Waals surface area contributed by atoms with E-state index >= 15 is 0 Å². The number of aromatic hydroxyl groups is 1. The number of morpholine rings is 1. The molecule has 1 saturated heterocycles. The number of pyridine rings is 1. The highest BCUT2D eigenvalue weighted by molar-refractivity contribution is 7.92. The molecule has 3 aromatic rings. The second-order valence-corrected chi connectivity index (χ2v) is 11.5.